The number of hydrogen-bond donors (Lipinski definition) is 2. The average molecular weight is 415 g/mol. The summed E-state index contributed by atoms with van der Waals surface area (Å²) >= 11 is 0. The SMILES string of the molecule is COc1cccc(OC)c1O[C@H]1CC[C@H](NC[C@@H]2COc3ccccc3O2)C[C@@H]1O. The van der Waals surface area contributed by atoms with E-state index in [1.54, 1.807) is 14.2 Å². The van der Waals surface area contributed by atoms with Gasteiger partial charge in [-0.05, 0) is 43.5 Å². The van der Waals surface area contributed by atoms with E-state index in [1.165, 1.54) is 0 Å². The number of para-hydroxylation sites is 3. The van der Waals surface area contributed by atoms with Crippen molar-refractivity contribution in [3.63, 3.8) is 0 Å². The molecule has 4 rings (SSSR count). The van der Waals surface area contributed by atoms with Gasteiger partial charge in [-0.2, -0.15) is 0 Å². The molecule has 0 spiro atoms. The predicted octanol–water partition coefficient (Wildman–Crippen LogP) is 2.79. The molecule has 1 saturated carbocycles. The summed E-state index contributed by atoms with van der Waals surface area (Å²) in [5.74, 6) is 3.28. The first-order valence-electron chi connectivity index (χ1n) is 10.4. The molecular weight excluding hydrogens is 386 g/mol. The molecule has 0 aromatic heterocycles. The zero-order valence-electron chi connectivity index (χ0n) is 17.4. The Balaban J connectivity index is 1.29. The van der Waals surface area contributed by atoms with Crippen molar-refractivity contribution < 1.29 is 28.8 Å². The van der Waals surface area contributed by atoms with E-state index in [0.29, 0.717) is 36.8 Å². The summed E-state index contributed by atoms with van der Waals surface area (Å²) in [4.78, 5) is 0. The van der Waals surface area contributed by atoms with Crippen LogP contribution in [-0.2, 0) is 0 Å². The van der Waals surface area contributed by atoms with Crippen LogP contribution in [0.2, 0.25) is 0 Å². The van der Waals surface area contributed by atoms with Crippen molar-refractivity contribution >= 4 is 0 Å². The van der Waals surface area contributed by atoms with E-state index in [1.807, 2.05) is 42.5 Å². The number of methoxy groups -OCH3 is 2. The molecule has 30 heavy (non-hydrogen) atoms. The highest BCUT2D eigenvalue weighted by Crippen LogP contribution is 2.39. The zero-order chi connectivity index (χ0) is 20.9. The number of hydrogen-bond acceptors (Lipinski definition) is 7. The highest BCUT2D eigenvalue weighted by Gasteiger charge is 2.32. The normalized spacial score (nSPS) is 25.4. The van der Waals surface area contributed by atoms with Gasteiger partial charge in [0.25, 0.3) is 0 Å². The van der Waals surface area contributed by atoms with Gasteiger partial charge in [0.1, 0.15) is 18.8 Å². The van der Waals surface area contributed by atoms with E-state index in [0.717, 1.165) is 24.3 Å². The van der Waals surface area contributed by atoms with Gasteiger partial charge in [-0.3, -0.25) is 0 Å². The zero-order valence-corrected chi connectivity index (χ0v) is 17.4. The van der Waals surface area contributed by atoms with Crippen molar-refractivity contribution in [3.05, 3.63) is 42.5 Å². The van der Waals surface area contributed by atoms with Crippen LogP contribution in [0.15, 0.2) is 42.5 Å². The molecule has 1 fully saturated rings. The molecule has 7 nitrogen and oxygen atoms in total. The van der Waals surface area contributed by atoms with E-state index in [9.17, 15) is 5.11 Å². The molecule has 162 valence electrons. The van der Waals surface area contributed by atoms with Gasteiger partial charge in [-0.15, -0.1) is 0 Å². The molecule has 4 atom stereocenters. The number of benzene rings is 2. The van der Waals surface area contributed by atoms with Gasteiger partial charge in [0.15, 0.2) is 23.0 Å². The lowest BCUT2D eigenvalue weighted by Crippen LogP contribution is -2.48. The highest BCUT2D eigenvalue weighted by atomic mass is 16.6. The molecule has 1 aliphatic heterocycles. The van der Waals surface area contributed by atoms with Crippen LogP contribution in [0.4, 0.5) is 0 Å². The van der Waals surface area contributed by atoms with Crippen LogP contribution in [0.3, 0.4) is 0 Å². The Bertz CT molecular complexity index is 822. The Morgan fingerprint density at radius 1 is 1.00 bits per heavy atom. The maximum absolute atomic E-state index is 10.7. The fourth-order valence-electron chi connectivity index (χ4n) is 3.99. The van der Waals surface area contributed by atoms with Gasteiger partial charge in [-0.1, -0.05) is 18.2 Å². The Morgan fingerprint density at radius 3 is 2.43 bits per heavy atom. The van der Waals surface area contributed by atoms with Crippen molar-refractivity contribution in [2.24, 2.45) is 0 Å². The molecule has 7 heteroatoms. The third-order valence-corrected chi connectivity index (χ3v) is 5.61. The maximum Gasteiger partial charge on any atom is 0.203 e. The molecule has 2 aromatic carbocycles. The summed E-state index contributed by atoms with van der Waals surface area (Å²) in [7, 11) is 3.18. The van der Waals surface area contributed by atoms with E-state index in [2.05, 4.69) is 5.32 Å². The van der Waals surface area contributed by atoms with Crippen LogP contribution in [-0.4, -0.2) is 56.8 Å². The van der Waals surface area contributed by atoms with Crippen molar-refractivity contribution in [2.45, 2.75) is 43.6 Å². The third-order valence-electron chi connectivity index (χ3n) is 5.61. The lowest BCUT2D eigenvalue weighted by molar-refractivity contribution is -0.00749. The van der Waals surface area contributed by atoms with Gasteiger partial charge in [-0.25, -0.2) is 0 Å². The van der Waals surface area contributed by atoms with E-state index < -0.39 is 6.10 Å². The van der Waals surface area contributed by atoms with Crippen LogP contribution in [0.1, 0.15) is 19.3 Å². The second kappa shape index (κ2) is 9.45. The van der Waals surface area contributed by atoms with Crippen molar-refractivity contribution in [1.29, 1.82) is 0 Å². The minimum absolute atomic E-state index is 0.0520. The number of aliphatic hydroxyl groups excluding tert-OH is 1. The van der Waals surface area contributed by atoms with E-state index >= 15 is 0 Å². The van der Waals surface area contributed by atoms with E-state index in [4.69, 9.17) is 23.7 Å². The number of ether oxygens (including phenoxy) is 5. The monoisotopic (exact) mass is 415 g/mol. The Kier molecular flexibility index (Phi) is 6.50. The molecule has 2 N–H and O–H groups in total. The third kappa shape index (κ3) is 4.57. The summed E-state index contributed by atoms with van der Waals surface area (Å²) in [6.45, 7) is 1.18. The van der Waals surface area contributed by atoms with Crippen LogP contribution < -0.4 is 29.0 Å². The number of nitrogens with one attached hydrogen (secondary N) is 1. The molecule has 0 saturated heterocycles. The van der Waals surface area contributed by atoms with Gasteiger partial charge >= 0.3 is 0 Å². The molecule has 2 aromatic rings. The molecular formula is C23H29NO6. The Hall–Kier alpha value is -2.64. The van der Waals surface area contributed by atoms with Gasteiger partial charge < -0.3 is 34.1 Å². The molecule has 1 heterocycles. The molecule has 0 unspecified atom stereocenters. The lowest BCUT2D eigenvalue weighted by atomic mass is 9.90. The molecule has 0 bridgehead atoms. The average Bonchev–Trinajstić information content (AvgIpc) is 2.79. The summed E-state index contributed by atoms with van der Waals surface area (Å²) in [6.07, 6.45) is 1.27. The largest absolute Gasteiger partial charge is 0.493 e. The first-order valence-corrected chi connectivity index (χ1v) is 10.4. The topological polar surface area (TPSA) is 78.4 Å². The predicted molar refractivity (Wildman–Crippen MR) is 112 cm³/mol. The fourth-order valence-corrected chi connectivity index (χ4v) is 3.99. The summed E-state index contributed by atoms with van der Waals surface area (Å²) in [5.41, 5.74) is 0. The fraction of sp³-hybridized carbons (Fsp3) is 0.478. The summed E-state index contributed by atoms with van der Waals surface area (Å²) in [5, 5.41) is 14.2. The van der Waals surface area contributed by atoms with Gasteiger partial charge in [0.2, 0.25) is 5.75 Å². The first-order chi connectivity index (χ1) is 14.7. The van der Waals surface area contributed by atoms with Crippen LogP contribution in [0.25, 0.3) is 0 Å². The second-order valence-corrected chi connectivity index (χ2v) is 7.63. The van der Waals surface area contributed by atoms with Crippen molar-refractivity contribution in [2.75, 3.05) is 27.4 Å². The van der Waals surface area contributed by atoms with Crippen LogP contribution in [0.5, 0.6) is 28.7 Å². The second-order valence-electron chi connectivity index (χ2n) is 7.63. The summed E-state index contributed by atoms with van der Waals surface area (Å²) < 4.78 is 28.7. The molecule has 1 aliphatic carbocycles. The summed E-state index contributed by atoms with van der Waals surface area (Å²) in [6, 6.07) is 13.4. The van der Waals surface area contributed by atoms with Crippen molar-refractivity contribution in [3.8, 4) is 28.7 Å². The number of aliphatic hydroxyl groups is 1. The van der Waals surface area contributed by atoms with Crippen LogP contribution >= 0.6 is 0 Å². The number of fused-ring (bicyclic) bond motifs is 1. The quantitative estimate of drug-likeness (QED) is 0.720. The van der Waals surface area contributed by atoms with E-state index in [-0.39, 0.29) is 18.2 Å². The maximum atomic E-state index is 10.7. The standard InChI is InChI=1S/C23H29NO6/c1-26-21-8-5-9-22(27-2)23(21)30-18-11-10-15(12-17(18)25)24-13-16-14-28-19-6-3-4-7-20(19)29-16/h3-9,15-18,24-25H,10-14H2,1-2H3/t15-,16+,17-,18-/m0/s1. The van der Waals surface area contributed by atoms with Crippen molar-refractivity contribution in [1.82, 2.24) is 5.32 Å². The van der Waals surface area contributed by atoms with Crippen LogP contribution in [0, 0.1) is 0 Å². The smallest absolute Gasteiger partial charge is 0.203 e. The number of rotatable bonds is 7. The van der Waals surface area contributed by atoms with Gasteiger partial charge in [0.05, 0.1) is 20.3 Å². The minimum Gasteiger partial charge on any atom is -0.493 e. The Morgan fingerprint density at radius 2 is 1.73 bits per heavy atom. The minimum atomic E-state index is -0.588. The molecule has 2 aliphatic rings. The highest BCUT2D eigenvalue weighted by molar-refractivity contribution is 5.51. The lowest BCUT2D eigenvalue weighted by Gasteiger charge is -2.35. The Labute approximate surface area is 176 Å². The molecule has 0 amide bonds. The van der Waals surface area contributed by atoms with Gasteiger partial charge in [0, 0.05) is 12.6 Å². The molecule has 0 radical (unpaired) electrons. The first kappa shape index (κ1) is 20.6.